The minimum Gasteiger partial charge on any atom is -0.358 e. The Morgan fingerprint density at radius 1 is 1.25 bits per heavy atom. The van der Waals surface area contributed by atoms with Crippen LogP contribution in [0.1, 0.15) is 34.9 Å². The van der Waals surface area contributed by atoms with Gasteiger partial charge < -0.3 is 9.88 Å². The molecule has 1 aromatic carbocycles. The zero-order chi connectivity index (χ0) is 16.5. The zero-order valence-electron chi connectivity index (χ0n) is 13.9. The Kier molecular flexibility index (Phi) is 4.15. The van der Waals surface area contributed by atoms with Crippen molar-refractivity contribution in [2.45, 2.75) is 32.1 Å². The summed E-state index contributed by atoms with van der Waals surface area (Å²) in [6.45, 7) is 3.86. The molecular formula is C20H22N2OS. The number of fused-ring (bicyclic) bond motifs is 1. The van der Waals surface area contributed by atoms with E-state index in [0.29, 0.717) is 12.3 Å². The number of nitrogens with one attached hydrogen (secondary N) is 1. The fraction of sp³-hybridized carbons (Fsp3) is 0.350. The van der Waals surface area contributed by atoms with E-state index in [4.69, 9.17) is 0 Å². The van der Waals surface area contributed by atoms with Gasteiger partial charge in [-0.25, -0.2) is 0 Å². The molecule has 1 fully saturated rings. The van der Waals surface area contributed by atoms with E-state index in [9.17, 15) is 4.79 Å². The van der Waals surface area contributed by atoms with Crippen LogP contribution in [-0.4, -0.2) is 28.9 Å². The van der Waals surface area contributed by atoms with Crippen LogP contribution in [0.5, 0.6) is 0 Å². The highest BCUT2D eigenvalue weighted by Crippen LogP contribution is 2.30. The molecule has 124 valence electrons. The molecule has 0 radical (unpaired) electrons. The van der Waals surface area contributed by atoms with E-state index in [2.05, 4.69) is 36.2 Å². The van der Waals surface area contributed by atoms with E-state index in [-0.39, 0.29) is 5.91 Å². The van der Waals surface area contributed by atoms with Crippen molar-refractivity contribution in [3.05, 3.63) is 57.9 Å². The fourth-order valence-electron chi connectivity index (χ4n) is 3.61. The van der Waals surface area contributed by atoms with Gasteiger partial charge in [0.1, 0.15) is 0 Å². The first-order valence-corrected chi connectivity index (χ1v) is 9.46. The molecule has 1 saturated heterocycles. The first-order chi connectivity index (χ1) is 11.7. The molecule has 1 aliphatic heterocycles. The van der Waals surface area contributed by atoms with Crippen molar-refractivity contribution in [3.8, 4) is 0 Å². The summed E-state index contributed by atoms with van der Waals surface area (Å²) in [7, 11) is 0. The Bertz CT molecular complexity index is 842. The number of aryl methyl sites for hydroxylation is 1. The second-order valence-corrected chi connectivity index (χ2v) is 7.76. The largest absolute Gasteiger partial charge is 0.358 e. The maximum absolute atomic E-state index is 12.4. The third-order valence-electron chi connectivity index (χ3n) is 4.99. The molecule has 3 heterocycles. The molecule has 3 aromatic rings. The average molecular weight is 338 g/mol. The predicted octanol–water partition coefficient (Wildman–Crippen LogP) is 4.49. The van der Waals surface area contributed by atoms with Gasteiger partial charge in [0.15, 0.2) is 0 Å². The molecule has 4 rings (SSSR count). The van der Waals surface area contributed by atoms with Gasteiger partial charge in [0.2, 0.25) is 5.91 Å². The highest BCUT2D eigenvalue weighted by molar-refractivity contribution is 7.10. The number of rotatable bonds is 3. The molecule has 0 bridgehead atoms. The maximum Gasteiger partial charge on any atom is 0.227 e. The quantitative estimate of drug-likeness (QED) is 0.750. The van der Waals surface area contributed by atoms with Crippen molar-refractivity contribution in [1.82, 2.24) is 9.88 Å². The number of aromatic nitrogens is 1. The minimum atomic E-state index is 0.267. The molecule has 1 aliphatic rings. The Morgan fingerprint density at radius 2 is 2.08 bits per heavy atom. The SMILES string of the molecule is Cc1ccc2[nH]c(C3CCN(C(=O)Cc4cccs4)CC3)cc2c1. The number of carbonyl (C=O) groups is 1. The Balaban J connectivity index is 1.40. The maximum atomic E-state index is 12.4. The number of nitrogens with zero attached hydrogens (tertiary/aromatic N) is 1. The van der Waals surface area contributed by atoms with E-state index >= 15 is 0 Å². The molecule has 3 nitrogen and oxygen atoms in total. The van der Waals surface area contributed by atoms with E-state index in [1.54, 1.807) is 11.3 Å². The van der Waals surface area contributed by atoms with Gasteiger partial charge in [-0.3, -0.25) is 4.79 Å². The zero-order valence-corrected chi connectivity index (χ0v) is 14.7. The van der Waals surface area contributed by atoms with Crippen LogP contribution in [0, 0.1) is 6.92 Å². The molecule has 0 aliphatic carbocycles. The van der Waals surface area contributed by atoms with E-state index in [1.165, 1.54) is 22.2 Å². The standard InChI is InChI=1S/C20H22N2OS/c1-14-4-5-18-16(11-14)12-19(21-18)15-6-8-22(9-7-15)20(23)13-17-3-2-10-24-17/h2-5,10-12,15,21H,6-9,13H2,1H3. The predicted molar refractivity (Wildman–Crippen MR) is 99.6 cm³/mol. The van der Waals surface area contributed by atoms with Gasteiger partial charge in [0.25, 0.3) is 0 Å². The summed E-state index contributed by atoms with van der Waals surface area (Å²) < 4.78 is 0. The van der Waals surface area contributed by atoms with Crippen LogP contribution in [0.25, 0.3) is 10.9 Å². The van der Waals surface area contributed by atoms with Crippen LogP contribution in [0.15, 0.2) is 41.8 Å². The number of H-pyrrole nitrogens is 1. The lowest BCUT2D eigenvalue weighted by Crippen LogP contribution is -2.38. The molecule has 4 heteroatoms. The number of thiophene rings is 1. The lowest BCUT2D eigenvalue weighted by Gasteiger charge is -2.31. The highest BCUT2D eigenvalue weighted by atomic mass is 32.1. The van der Waals surface area contributed by atoms with Gasteiger partial charge in [0.05, 0.1) is 6.42 Å². The van der Waals surface area contributed by atoms with Gasteiger partial charge in [-0.15, -0.1) is 11.3 Å². The Hall–Kier alpha value is -2.07. The summed E-state index contributed by atoms with van der Waals surface area (Å²) in [4.78, 5) is 19.2. The monoisotopic (exact) mass is 338 g/mol. The molecule has 0 unspecified atom stereocenters. The van der Waals surface area contributed by atoms with E-state index in [1.807, 2.05) is 22.4 Å². The van der Waals surface area contributed by atoms with E-state index in [0.717, 1.165) is 30.8 Å². The van der Waals surface area contributed by atoms with Crippen molar-refractivity contribution in [2.24, 2.45) is 0 Å². The Morgan fingerprint density at radius 3 is 2.83 bits per heavy atom. The van der Waals surface area contributed by atoms with Crippen molar-refractivity contribution in [2.75, 3.05) is 13.1 Å². The summed E-state index contributed by atoms with van der Waals surface area (Å²) in [6, 6.07) is 12.9. The van der Waals surface area contributed by atoms with Crippen LogP contribution < -0.4 is 0 Å². The van der Waals surface area contributed by atoms with Gasteiger partial charge in [-0.1, -0.05) is 17.7 Å². The van der Waals surface area contributed by atoms with Gasteiger partial charge in [0, 0.05) is 35.1 Å². The number of likely N-dealkylation sites (tertiary alicyclic amines) is 1. The third-order valence-corrected chi connectivity index (χ3v) is 5.87. The van der Waals surface area contributed by atoms with Crippen LogP contribution in [0.2, 0.25) is 0 Å². The first kappa shape index (κ1) is 15.5. The van der Waals surface area contributed by atoms with Crippen LogP contribution in [-0.2, 0) is 11.2 Å². The smallest absolute Gasteiger partial charge is 0.227 e. The number of hydrogen-bond acceptors (Lipinski definition) is 2. The third kappa shape index (κ3) is 3.11. The lowest BCUT2D eigenvalue weighted by molar-refractivity contribution is -0.131. The number of amides is 1. The molecular weight excluding hydrogens is 316 g/mol. The van der Waals surface area contributed by atoms with Crippen LogP contribution in [0.3, 0.4) is 0 Å². The summed E-state index contributed by atoms with van der Waals surface area (Å²) in [5.74, 6) is 0.798. The topological polar surface area (TPSA) is 36.1 Å². The first-order valence-electron chi connectivity index (χ1n) is 8.58. The molecule has 0 spiro atoms. The van der Waals surface area contributed by atoms with Crippen molar-refractivity contribution >= 4 is 28.1 Å². The van der Waals surface area contributed by atoms with Gasteiger partial charge >= 0.3 is 0 Å². The number of aromatic amines is 1. The second-order valence-electron chi connectivity index (χ2n) is 6.73. The number of benzene rings is 1. The van der Waals surface area contributed by atoms with E-state index < -0.39 is 0 Å². The van der Waals surface area contributed by atoms with Gasteiger partial charge in [-0.2, -0.15) is 0 Å². The number of carbonyl (C=O) groups excluding carboxylic acids is 1. The van der Waals surface area contributed by atoms with Gasteiger partial charge in [-0.05, 0) is 54.8 Å². The van der Waals surface area contributed by atoms with Crippen molar-refractivity contribution in [3.63, 3.8) is 0 Å². The van der Waals surface area contributed by atoms with Crippen molar-refractivity contribution < 1.29 is 4.79 Å². The summed E-state index contributed by atoms with van der Waals surface area (Å²) in [6.07, 6.45) is 2.64. The number of piperidine rings is 1. The molecule has 24 heavy (non-hydrogen) atoms. The van der Waals surface area contributed by atoms with Crippen molar-refractivity contribution in [1.29, 1.82) is 0 Å². The fourth-order valence-corrected chi connectivity index (χ4v) is 4.30. The minimum absolute atomic E-state index is 0.267. The Labute approximate surface area is 146 Å². The highest BCUT2D eigenvalue weighted by Gasteiger charge is 2.25. The normalized spacial score (nSPS) is 16.0. The average Bonchev–Trinajstić information content (AvgIpc) is 3.24. The number of hydrogen-bond donors (Lipinski definition) is 1. The summed E-state index contributed by atoms with van der Waals surface area (Å²) in [5.41, 5.74) is 3.83. The lowest BCUT2D eigenvalue weighted by atomic mass is 9.93. The van der Waals surface area contributed by atoms with Crippen LogP contribution in [0.4, 0.5) is 0 Å². The summed E-state index contributed by atoms with van der Waals surface area (Å²) >= 11 is 1.66. The molecule has 1 N–H and O–H groups in total. The molecule has 0 atom stereocenters. The molecule has 2 aromatic heterocycles. The summed E-state index contributed by atoms with van der Waals surface area (Å²) in [5, 5.41) is 3.33. The molecule has 1 amide bonds. The second kappa shape index (κ2) is 6.44. The van der Waals surface area contributed by atoms with Crippen LogP contribution >= 0.6 is 11.3 Å². The molecule has 0 saturated carbocycles.